The molecule has 1 heterocycles. The summed E-state index contributed by atoms with van der Waals surface area (Å²) in [6.07, 6.45) is 0.527. The maximum atomic E-state index is 12.6. The first-order valence-electron chi connectivity index (χ1n) is 8.96. The van der Waals surface area contributed by atoms with Crippen molar-refractivity contribution in [1.29, 1.82) is 0 Å². The van der Waals surface area contributed by atoms with E-state index in [0.717, 1.165) is 16.3 Å². The Bertz CT molecular complexity index is 806. The second-order valence-corrected chi connectivity index (χ2v) is 7.19. The summed E-state index contributed by atoms with van der Waals surface area (Å²) in [7, 11) is 0. The smallest absolute Gasteiger partial charge is 0.305 e. The fourth-order valence-electron chi connectivity index (χ4n) is 3.31. The van der Waals surface area contributed by atoms with Crippen LogP contribution in [0.4, 0.5) is 0 Å². The summed E-state index contributed by atoms with van der Waals surface area (Å²) >= 11 is 0. The van der Waals surface area contributed by atoms with E-state index in [1.807, 2.05) is 42.5 Å². The van der Waals surface area contributed by atoms with Crippen LogP contribution < -0.4 is 16.2 Å². The van der Waals surface area contributed by atoms with Gasteiger partial charge in [-0.25, -0.2) is 5.43 Å². The molecule has 6 nitrogen and oxygen atoms in total. The van der Waals surface area contributed by atoms with Crippen LogP contribution in [0.15, 0.2) is 42.5 Å². The number of nitrogens with one attached hydrogen (secondary N) is 3. The van der Waals surface area contributed by atoms with E-state index < -0.39 is 12.0 Å². The number of hydrogen-bond acceptors (Lipinski definition) is 4. The van der Waals surface area contributed by atoms with Gasteiger partial charge in [0.1, 0.15) is 6.04 Å². The van der Waals surface area contributed by atoms with Gasteiger partial charge in [0.25, 0.3) is 0 Å². The van der Waals surface area contributed by atoms with Gasteiger partial charge >= 0.3 is 5.97 Å². The molecule has 3 rings (SSSR count). The van der Waals surface area contributed by atoms with Gasteiger partial charge in [0, 0.05) is 6.04 Å². The molecule has 4 N–H and O–H groups in total. The van der Waals surface area contributed by atoms with Gasteiger partial charge in [0.2, 0.25) is 5.91 Å². The van der Waals surface area contributed by atoms with Gasteiger partial charge in [-0.3, -0.25) is 15.0 Å². The van der Waals surface area contributed by atoms with Gasteiger partial charge in [-0.05, 0) is 34.7 Å². The predicted octanol–water partition coefficient (Wildman–Crippen LogP) is 2.36. The highest BCUT2D eigenvalue weighted by Crippen LogP contribution is 2.23. The molecule has 1 aliphatic heterocycles. The van der Waals surface area contributed by atoms with Crippen molar-refractivity contribution in [2.75, 3.05) is 0 Å². The third-order valence-electron chi connectivity index (χ3n) is 4.92. The van der Waals surface area contributed by atoms with E-state index in [0.29, 0.717) is 12.3 Å². The molecule has 2 aromatic carbocycles. The Morgan fingerprint density at radius 2 is 1.88 bits per heavy atom. The first-order chi connectivity index (χ1) is 12.4. The summed E-state index contributed by atoms with van der Waals surface area (Å²) in [4.78, 5) is 23.9. The molecule has 3 atom stereocenters. The van der Waals surface area contributed by atoms with Crippen LogP contribution in [-0.2, 0) is 9.59 Å². The topological polar surface area (TPSA) is 90.5 Å². The number of rotatable bonds is 6. The molecule has 2 unspecified atom stereocenters. The zero-order chi connectivity index (χ0) is 18.7. The molecule has 0 bridgehead atoms. The molecule has 0 radical (unpaired) electrons. The molecule has 26 heavy (non-hydrogen) atoms. The van der Waals surface area contributed by atoms with E-state index in [2.05, 4.69) is 30.0 Å². The molecule has 0 saturated carbocycles. The lowest BCUT2D eigenvalue weighted by atomic mass is 9.97. The average Bonchev–Trinajstić information content (AvgIpc) is 3.11. The monoisotopic (exact) mass is 355 g/mol. The minimum Gasteiger partial charge on any atom is -0.481 e. The van der Waals surface area contributed by atoms with Crippen molar-refractivity contribution in [3.63, 3.8) is 0 Å². The van der Waals surface area contributed by atoms with Crippen LogP contribution >= 0.6 is 0 Å². The van der Waals surface area contributed by atoms with E-state index >= 15 is 0 Å². The fraction of sp³-hybridized carbons (Fsp3) is 0.400. The van der Waals surface area contributed by atoms with Crippen molar-refractivity contribution in [3.05, 3.63) is 48.0 Å². The van der Waals surface area contributed by atoms with Gasteiger partial charge in [-0.2, -0.15) is 0 Å². The standard InChI is InChI=1S/C20H25N3O3/c1-12(2)16-10-18(23-22-16)20(26)21-17(11-19(24)25)15-8-7-13-5-3-4-6-14(13)9-15/h3-9,12,16-18,22-23H,10-11H2,1-2H3,(H,21,26)(H,24,25)/t16?,17-,18?/m0/s1. The number of hydrogen-bond donors (Lipinski definition) is 4. The fourth-order valence-corrected chi connectivity index (χ4v) is 3.31. The minimum atomic E-state index is -0.943. The second-order valence-electron chi connectivity index (χ2n) is 7.19. The van der Waals surface area contributed by atoms with Crippen molar-refractivity contribution in [2.24, 2.45) is 5.92 Å². The zero-order valence-electron chi connectivity index (χ0n) is 15.0. The molecular formula is C20H25N3O3. The van der Waals surface area contributed by atoms with Crippen molar-refractivity contribution in [2.45, 2.75) is 44.8 Å². The lowest BCUT2D eigenvalue weighted by molar-refractivity contribution is -0.137. The lowest BCUT2D eigenvalue weighted by Gasteiger charge is -2.20. The Morgan fingerprint density at radius 3 is 2.54 bits per heavy atom. The first-order valence-corrected chi connectivity index (χ1v) is 8.96. The highest BCUT2D eigenvalue weighted by atomic mass is 16.4. The highest BCUT2D eigenvalue weighted by Gasteiger charge is 2.32. The number of benzene rings is 2. The van der Waals surface area contributed by atoms with Gasteiger partial charge in [0.05, 0.1) is 12.5 Å². The van der Waals surface area contributed by atoms with Gasteiger partial charge in [-0.1, -0.05) is 50.2 Å². The highest BCUT2D eigenvalue weighted by molar-refractivity contribution is 5.85. The largest absolute Gasteiger partial charge is 0.481 e. The molecular weight excluding hydrogens is 330 g/mol. The van der Waals surface area contributed by atoms with Gasteiger partial charge in [0.15, 0.2) is 0 Å². The Kier molecular flexibility index (Phi) is 5.54. The van der Waals surface area contributed by atoms with Gasteiger partial charge in [-0.15, -0.1) is 0 Å². The van der Waals surface area contributed by atoms with E-state index in [4.69, 9.17) is 0 Å². The van der Waals surface area contributed by atoms with E-state index in [1.165, 1.54) is 0 Å². The molecule has 2 aromatic rings. The van der Waals surface area contributed by atoms with Crippen molar-refractivity contribution < 1.29 is 14.7 Å². The van der Waals surface area contributed by atoms with Crippen LogP contribution in [0.25, 0.3) is 10.8 Å². The Labute approximate surface area is 152 Å². The van der Waals surface area contributed by atoms with Crippen LogP contribution in [0, 0.1) is 5.92 Å². The molecule has 6 heteroatoms. The molecule has 0 aliphatic carbocycles. The Balaban J connectivity index is 1.77. The van der Waals surface area contributed by atoms with Crippen molar-refractivity contribution >= 4 is 22.6 Å². The SMILES string of the molecule is CC(C)C1CC(C(=O)N[C@@H](CC(=O)O)c2ccc3ccccc3c2)NN1. The Hall–Kier alpha value is -2.44. The van der Waals surface area contributed by atoms with Crippen LogP contribution in [-0.4, -0.2) is 29.1 Å². The number of fused-ring (bicyclic) bond motifs is 1. The number of amides is 1. The van der Waals surface area contributed by atoms with Gasteiger partial charge < -0.3 is 10.4 Å². The van der Waals surface area contributed by atoms with Crippen LogP contribution in [0.1, 0.15) is 38.3 Å². The molecule has 0 spiro atoms. The summed E-state index contributed by atoms with van der Waals surface area (Å²) in [5.41, 5.74) is 6.95. The lowest BCUT2D eigenvalue weighted by Crippen LogP contribution is -2.45. The average molecular weight is 355 g/mol. The number of aliphatic carboxylic acids is 1. The zero-order valence-corrected chi connectivity index (χ0v) is 15.0. The third kappa shape index (κ3) is 4.20. The van der Waals surface area contributed by atoms with Crippen LogP contribution in [0.2, 0.25) is 0 Å². The number of carboxylic acids is 1. The van der Waals surface area contributed by atoms with Crippen LogP contribution in [0.3, 0.4) is 0 Å². The van der Waals surface area contributed by atoms with Crippen LogP contribution in [0.5, 0.6) is 0 Å². The molecule has 0 aromatic heterocycles. The number of carbonyl (C=O) groups is 2. The summed E-state index contributed by atoms with van der Waals surface area (Å²) in [5.74, 6) is -0.711. The first kappa shape index (κ1) is 18.4. The van der Waals surface area contributed by atoms with Crippen molar-refractivity contribution in [1.82, 2.24) is 16.2 Å². The number of hydrazine groups is 1. The number of carboxylic acid groups (broad SMARTS) is 1. The predicted molar refractivity (Wildman–Crippen MR) is 100 cm³/mol. The van der Waals surface area contributed by atoms with E-state index in [1.54, 1.807) is 0 Å². The molecule has 1 fully saturated rings. The maximum absolute atomic E-state index is 12.6. The molecule has 1 aliphatic rings. The minimum absolute atomic E-state index is 0.155. The number of carbonyl (C=O) groups excluding carboxylic acids is 1. The molecule has 1 saturated heterocycles. The summed E-state index contributed by atoms with van der Waals surface area (Å²) in [6.45, 7) is 4.20. The molecule has 138 valence electrons. The maximum Gasteiger partial charge on any atom is 0.305 e. The van der Waals surface area contributed by atoms with E-state index in [-0.39, 0.29) is 24.4 Å². The summed E-state index contributed by atoms with van der Waals surface area (Å²) < 4.78 is 0. The normalized spacial score (nSPS) is 21.0. The Morgan fingerprint density at radius 1 is 1.15 bits per heavy atom. The third-order valence-corrected chi connectivity index (χ3v) is 4.92. The van der Waals surface area contributed by atoms with E-state index in [9.17, 15) is 14.7 Å². The van der Waals surface area contributed by atoms with Crippen molar-refractivity contribution in [3.8, 4) is 0 Å². The molecule has 1 amide bonds. The second kappa shape index (κ2) is 7.85. The quantitative estimate of drug-likeness (QED) is 0.639. The summed E-state index contributed by atoms with van der Waals surface area (Å²) in [6, 6.07) is 13.0. The summed E-state index contributed by atoms with van der Waals surface area (Å²) in [5, 5.41) is 14.3.